The first-order chi connectivity index (χ1) is 1.41. The summed E-state index contributed by atoms with van der Waals surface area (Å²) in [5, 5.41) is 0. The molecular weight excluding hydrogens is 232 g/mol. The average molecular weight is 244 g/mol. The van der Waals surface area contributed by atoms with Crippen LogP contribution < -0.4 is 12.3 Å². The van der Waals surface area contributed by atoms with Gasteiger partial charge in [-0.25, -0.2) is 0 Å². The van der Waals surface area contributed by atoms with Crippen molar-refractivity contribution in [2.24, 2.45) is 0 Å². The van der Waals surface area contributed by atoms with E-state index in [0.717, 1.165) is 0 Å². The topological polar surface area (TPSA) is 107 Å². The standard InChI is InChI=1S/4FH.Mo.2H3N.2O/h4*1H;;2*1H3;;/p+2. The van der Waals surface area contributed by atoms with Gasteiger partial charge in [-0.2, -0.15) is 0 Å². The van der Waals surface area contributed by atoms with Crippen molar-refractivity contribution in [3.63, 3.8) is 0 Å². The van der Waals surface area contributed by atoms with E-state index >= 15 is 0 Å². The number of quaternary nitrogens is 2. The second kappa shape index (κ2) is 442. The Hall–Kier alpha value is -0.0717. The Morgan fingerprint density at radius 1 is 0.667 bits per heavy atom. The van der Waals surface area contributed by atoms with E-state index in [1.165, 1.54) is 0 Å². The molecule has 4 nitrogen and oxygen atoms in total. The van der Waals surface area contributed by atoms with Gasteiger partial charge in [0.15, 0.2) is 0 Å². The zero-order valence-electron chi connectivity index (χ0n) is 4.86. The fourth-order valence-corrected chi connectivity index (χ4v) is 0. The molecule has 0 heterocycles. The van der Waals surface area contributed by atoms with E-state index in [-0.39, 0.29) is 31.1 Å². The molecule has 9 heavy (non-hydrogen) atoms. The molecule has 0 saturated carbocycles. The molecule has 0 saturated heterocycles. The van der Waals surface area contributed by atoms with Crippen LogP contribution in [0, 0.1) is 0 Å². The summed E-state index contributed by atoms with van der Waals surface area (Å²) < 4.78 is 17.0. The minimum atomic E-state index is -2.03. The third kappa shape index (κ3) is 54200. The monoisotopic (exact) mass is 246 g/mol. The summed E-state index contributed by atoms with van der Waals surface area (Å²) >= 11 is -2.03. The Morgan fingerprint density at radius 3 is 0.667 bits per heavy atom. The van der Waals surface area contributed by atoms with Gasteiger partial charge in [-0.3, -0.25) is 18.8 Å². The summed E-state index contributed by atoms with van der Waals surface area (Å²) in [6, 6.07) is 0. The molecule has 0 amide bonds. The quantitative estimate of drug-likeness (QED) is 0.492. The fraction of sp³-hybridized carbons (Fsp3) is 0. The first kappa shape index (κ1) is 151. The summed E-state index contributed by atoms with van der Waals surface area (Å²) in [5.74, 6) is 0. The fourth-order valence-electron chi connectivity index (χ4n) is 0. The van der Waals surface area contributed by atoms with Crippen molar-refractivity contribution in [2.45, 2.75) is 0 Å². The van der Waals surface area contributed by atoms with E-state index in [4.69, 9.17) is 6.80 Å². The van der Waals surface area contributed by atoms with Crippen LogP contribution in [0.15, 0.2) is 0 Å². The summed E-state index contributed by atoms with van der Waals surface area (Å²) in [4.78, 5) is 0. The second-order valence-electron chi connectivity index (χ2n) is 0.0680. The summed E-state index contributed by atoms with van der Waals surface area (Å²) in [6.07, 6.45) is 0. The van der Waals surface area contributed by atoms with Crippen LogP contribution in [0.3, 0.4) is 0 Å². The van der Waals surface area contributed by atoms with Crippen molar-refractivity contribution in [1.29, 1.82) is 0 Å². The summed E-state index contributed by atoms with van der Waals surface area (Å²) in [5.41, 5.74) is 0. The summed E-state index contributed by atoms with van der Waals surface area (Å²) in [7, 11) is 0. The molecule has 0 aromatic rings. The SMILES string of the molecule is F.F.F.F.[NH4+].[NH4+].[O]=[Mo]=[O]. The molecule has 0 spiro atoms. The van der Waals surface area contributed by atoms with Gasteiger partial charge in [-0.15, -0.1) is 0 Å². The van der Waals surface area contributed by atoms with Gasteiger partial charge in [-0.1, -0.05) is 0 Å². The Bertz CT molecular complexity index is 37.5. The molecule has 9 heteroatoms. The van der Waals surface area contributed by atoms with Crippen LogP contribution >= 0.6 is 0 Å². The van der Waals surface area contributed by atoms with Crippen molar-refractivity contribution < 1.29 is 44.1 Å². The molecule has 0 radical (unpaired) electrons. The molecule has 0 atom stereocenters. The van der Waals surface area contributed by atoms with Crippen LogP contribution in [0.5, 0.6) is 0 Å². The minimum absolute atomic E-state index is 0. The summed E-state index contributed by atoms with van der Waals surface area (Å²) in [6.45, 7) is 0. The van der Waals surface area contributed by atoms with Crippen molar-refractivity contribution in [2.75, 3.05) is 0 Å². The number of hydrogen-bond acceptors (Lipinski definition) is 2. The molecule has 0 aliphatic carbocycles. The van der Waals surface area contributed by atoms with Gasteiger partial charge < -0.3 is 12.3 Å². The normalized spacial score (nSPS) is 1.33. The van der Waals surface area contributed by atoms with Crippen LogP contribution in [0.2, 0.25) is 0 Å². The average Bonchev–Trinajstić information content (AvgIpc) is 0.918. The third-order valence-electron chi connectivity index (χ3n) is 0. The van der Waals surface area contributed by atoms with Gasteiger partial charge in [-0.05, 0) is 0 Å². The van der Waals surface area contributed by atoms with E-state index in [2.05, 4.69) is 0 Å². The van der Waals surface area contributed by atoms with Crippen molar-refractivity contribution in [3.05, 3.63) is 0 Å². The third-order valence-corrected chi connectivity index (χ3v) is 0. The van der Waals surface area contributed by atoms with Crippen LogP contribution in [0.1, 0.15) is 0 Å². The van der Waals surface area contributed by atoms with Crippen LogP contribution in [0.4, 0.5) is 18.8 Å². The van der Waals surface area contributed by atoms with Crippen molar-refractivity contribution in [3.8, 4) is 0 Å². The second-order valence-corrected chi connectivity index (χ2v) is 0.403. The predicted molar refractivity (Wildman–Crippen MR) is 23.4 cm³/mol. The number of rotatable bonds is 0. The molecule has 0 rings (SSSR count). The first-order valence-corrected chi connectivity index (χ1v) is 1.97. The van der Waals surface area contributed by atoms with E-state index in [1.54, 1.807) is 0 Å². The molecule has 0 bridgehead atoms. The van der Waals surface area contributed by atoms with E-state index in [0.29, 0.717) is 0 Å². The number of hydrogen-bond donors (Lipinski definition) is 2. The Labute approximate surface area is 57.2 Å². The zero-order chi connectivity index (χ0) is 2.71. The molecule has 0 unspecified atom stereocenters. The first-order valence-electron chi connectivity index (χ1n) is 0.333. The van der Waals surface area contributed by atoms with E-state index in [9.17, 15) is 0 Å². The van der Waals surface area contributed by atoms with Crippen molar-refractivity contribution in [1.82, 2.24) is 12.3 Å². The van der Waals surface area contributed by atoms with Crippen LogP contribution in [0.25, 0.3) is 0 Å². The van der Waals surface area contributed by atoms with Gasteiger partial charge in [0.25, 0.3) is 0 Å². The maximum atomic E-state index is 8.50. The van der Waals surface area contributed by atoms with E-state index in [1.807, 2.05) is 0 Å². The van der Waals surface area contributed by atoms with Crippen LogP contribution in [-0.4, -0.2) is 0 Å². The molecule has 0 aromatic carbocycles. The molecule has 8 N–H and O–H groups in total. The zero-order valence-corrected chi connectivity index (χ0v) is 6.86. The Kier molecular flexibility index (Phi) is 7410. The van der Waals surface area contributed by atoms with E-state index < -0.39 is 18.5 Å². The van der Waals surface area contributed by atoms with Gasteiger partial charge in [0.1, 0.15) is 0 Å². The number of halogens is 4. The predicted octanol–water partition coefficient (Wildman–Crippen LogP) is 1.12. The molecule has 0 fully saturated rings. The van der Waals surface area contributed by atoms with Gasteiger partial charge in [0.05, 0.1) is 0 Å². The maximum absolute atomic E-state index is 8.50. The molecule has 66 valence electrons. The Morgan fingerprint density at radius 2 is 0.667 bits per heavy atom. The van der Waals surface area contributed by atoms with Gasteiger partial charge in [0, 0.05) is 0 Å². The molecule has 0 aromatic heterocycles. The Balaban J connectivity index is -0.00000000133. The van der Waals surface area contributed by atoms with Crippen molar-refractivity contribution >= 4 is 0 Å². The van der Waals surface area contributed by atoms with Crippen LogP contribution in [-0.2, 0) is 25.3 Å². The molecular formula is H12F4MoN2O2+2. The van der Waals surface area contributed by atoms with Gasteiger partial charge in [0.2, 0.25) is 0 Å². The molecule has 0 aliphatic rings. The molecule has 0 aliphatic heterocycles. The van der Waals surface area contributed by atoms with Gasteiger partial charge >= 0.3 is 25.3 Å².